The second-order valence-corrected chi connectivity index (χ2v) is 7.19. The number of aryl methyl sites for hydroxylation is 2. The van der Waals surface area contributed by atoms with Gasteiger partial charge in [-0.15, -0.1) is 0 Å². The van der Waals surface area contributed by atoms with Crippen molar-refractivity contribution in [2.45, 2.75) is 39.2 Å². The molecule has 28 heavy (non-hydrogen) atoms. The number of H-pyrrole nitrogens is 1. The molecule has 0 saturated carbocycles. The number of nitrogens with one attached hydrogen (secondary N) is 2. The second kappa shape index (κ2) is 7.88. The van der Waals surface area contributed by atoms with Crippen LogP contribution in [0.4, 0.5) is 10.6 Å². The zero-order valence-electron chi connectivity index (χ0n) is 16.4. The van der Waals surface area contributed by atoms with Crippen LogP contribution in [0.25, 0.3) is 11.1 Å². The lowest BCUT2D eigenvalue weighted by Gasteiger charge is -2.31. The molecule has 146 valence electrons. The fraction of sp³-hybridized carbons (Fsp3) is 0.381. The van der Waals surface area contributed by atoms with Crippen LogP contribution >= 0.6 is 0 Å². The SMILES string of the molecule is CCn1nc(C)c(-c2ccccc2)c1NC(=O)N1CCC(c2cnc[nH]2)CC1. The van der Waals surface area contributed by atoms with Crippen molar-refractivity contribution in [3.8, 4) is 11.1 Å². The van der Waals surface area contributed by atoms with Crippen molar-refractivity contribution < 1.29 is 4.79 Å². The van der Waals surface area contributed by atoms with Gasteiger partial charge < -0.3 is 9.88 Å². The number of benzene rings is 1. The molecule has 4 rings (SSSR count). The van der Waals surface area contributed by atoms with Crippen molar-refractivity contribution in [2.24, 2.45) is 0 Å². The number of aromatic nitrogens is 4. The van der Waals surface area contributed by atoms with E-state index in [1.807, 2.05) is 47.8 Å². The maximum absolute atomic E-state index is 13.0. The summed E-state index contributed by atoms with van der Waals surface area (Å²) in [5.74, 6) is 1.21. The number of anilines is 1. The first-order valence-electron chi connectivity index (χ1n) is 9.84. The summed E-state index contributed by atoms with van der Waals surface area (Å²) in [5.41, 5.74) is 4.13. The first kappa shape index (κ1) is 18.3. The monoisotopic (exact) mass is 378 g/mol. The number of rotatable bonds is 4. The Bertz CT molecular complexity index is 923. The van der Waals surface area contributed by atoms with Gasteiger partial charge in [-0.05, 0) is 32.3 Å². The van der Waals surface area contributed by atoms with E-state index in [1.54, 1.807) is 6.33 Å². The predicted octanol–water partition coefficient (Wildman–Crippen LogP) is 4.01. The minimum absolute atomic E-state index is 0.0603. The number of carbonyl (C=O) groups is 1. The minimum Gasteiger partial charge on any atom is -0.348 e. The largest absolute Gasteiger partial charge is 0.348 e. The number of hydrogen-bond acceptors (Lipinski definition) is 3. The maximum atomic E-state index is 13.0. The number of urea groups is 1. The van der Waals surface area contributed by atoms with Gasteiger partial charge in [0.25, 0.3) is 0 Å². The highest BCUT2D eigenvalue weighted by atomic mass is 16.2. The lowest BCUT2D eigenvalue weighted by atomic mass is 9.94. The number of aromatic amines is 1. The summed E-state index contributed by atoms with van der Waals surface area (Å²) >= 11 is 0. The number of hydrogen-bond donors (Lipinski definition) is 2. The van der Waals surface area contributed by atoms with Gasteiger partial charge in [-0.1, -0.05) is 30.3 Å². The van der Waals surface area contributed by atoms with Gasteiger partial charge in [-0.25, -0.2) is 14.5 Å². The van der Waals surface area contributed by atoms with Crippen molar-refractivity contribution >= 4 is 11.8 Å². The molecule has 7 nitrogen and oxygen atoms in total. The van der Waals surface area contributed by atoms with E-state index in [-0.39, 0.29) is 6.03 Å². The van der Waals surface area contributed by atoms with Crippen LogP contribution in [0.15, 0.2) is 42.9 Å². The van der Waals surface area contributed by atoms with E-state index in [4.69, 9.17) is 0 Å². The third-order valence-electron chi connectivity index (χ3n) is 5.46. The van der Waals surface area contributed by atoms with Crippen molar-refractivity contribution in [1.82, 2.24) is 24.6 Å². The number of likely N-dealkylation sites (tertiary alicyclic amines) is 1. The van der Waals surface area contributed by atoms with Gasteiger partial charge >= 0.3 is 6.03 Å². The topological polar surface area (TPSA) is 78.8 Å². The van der Waals surface area contributed by atoms with E-state index in [0.29, 0.717) is 12.5 Å². The molecule has 0 unspecified atom stereocenters. The molecule has 3 aromatic rings. The quantitative estimate of drug-likeness (QED) is 0.720. The Kier molecular flexibility index (Phi) is 5.14. The molecule has 7 heteroatoms. The molecule has 1 fully saturated rings. The molecular weight excluding hydrogens is 352 g/mol. The highest BCUT2D eigenvalue weighted by Gasteiger charge is 2.26. The normalized spacial score (nSPS) is 15.0. The first-order chi connectivity index (χ1) is 13.7. The molecule has 0 radical (unpaired) electrons. The number of imidazole rings is 1. The van der Waals surface area contributed by atoms with Gasteiger partial charge in [-0.3, -0.25) is 5.32 Å². The summed E-state index contributed by atoms with van der Waals surface area (Å²) in [7, 11) is 0. The summed E-state index contributed by atoms with van der Waals surface area (Å²) in [5, 5.41) is 7.76. The van der Waals surface area contributed by atoms with E-state index in [1.165, 1.54) is 0 Å². The van der Waals surface area contributed by atoms with E-state index in [2.05, 4.69) is 32.5 Å². The maximum Gasteiger partial charge on any atom is 0.323 e. The Balaban J connectivity index is 1.51. The molecule has 0 atom stereocenters. The predicted molar refractivity (Wildman–Crippen MR) is 109 cm³/mol. The smallest absolute Gasteiger partial charge is 0.323 e. The van der Waals surface area contributed by atoms with E-state index >= 15 is 0 Å². The van der Waals surface area contributed by atoms with Crippen LogP contribution in [-0.4, -0.2) is 43.8 Å². The van der Waals surface area contributed by atoms with Gasteiger partial charge in [0.1, 0.15) is 5.82 Å². The average Bonchev–Trinajstić information content (AvgIpc) is 3.37. The van der Waals surface area contributed by atoms with E-state index in [9.17, 15) is 4.79 Å². The fourth-order valence-corrected chi connectivity index (χ4v) is 3.95. The molecule has 0 spiro atoms. The summed E-state index contributed by atoms with van der Waals surface area (Å²) in [6.07, 6.45) is 5.48. The lowest BCUT2D eigenvalue weighted by Crippen LogP contribution is -2.41. The molecule has 2 aromatic heterocycles. The molecule has 1 aliphatic rings. The van der Waals surface area contributed by atoms with Gasteiger partial charge in [0.15, 0.2) is 0 Å². The van der Waals surface area contributed by atoms with Gasteiger partial charge in [0.2, 0.25) is 0 Å². The van der Waals surface area contributed by atoms with Crippen LogP contribution in [0.2, 0.25) is 0 Å². The third kappa shape index (κ3) is 3.52. The Labute approximate surface area is 164 Å². The summed E-state index contributed by atoms with van der Waals surface area (Å²) in [6.45, 7) is 6.18. The van der Waals surface area contributed by atoms with Crippen LogP contribution in [0.5, 0.6) is 0 Å². The van der Waals surface area contributed by atoms with Gasteiger partial charge in [0.05, 0.1) is 12.0 Å². The van der Waals surface area contributed by atoms with Crippen LogP contribution in [-0.2, 0) is 6.54 Å². The summed E-state index contributed by atoms with van der Waals surface area (Å²) in [6, 6.07) is 10.0. The van der Waals surface area contributed by atoms with Gasteiger partial charge in [0, 0.05) is 43.0 Å². The van der Waals surface area contributed by atoms with Gasteiger partial charge in [-0.2, -0.15) is 5.10 Å². The molecule has 3 heterocycles. The van der Waals surface area contributed by atoms with Crippen molar-refractivity contribution in [3.05, 3.63) is 54.2 Å². The minimum atomic E-state index is -0.0603. The zero-order valence-corrected chi connectivity index (χ0v) is 16.4. The molecule has 2 N–H and O–H groups in total. The average molecular weight is 378 g/mol. The second-order valence-electron chi connectivity index (χ2n) is 7.19. The van der Waals surface area contributed by atoms with Crippen LogP contribution in [0.3, 0.4) is 0 Å². The van der Waals surface area contributed by atoms with Crippen LogP contribution < -0.4 is 5.32 Å². The molecule has 0 aliphatic carbocycles. The Morgan fingerprint density at radius 3 is 2.64 bits per heavy atom. The Hall–Kier alpha value is -3.09. The molecule has 0 bridgehead atoms. The first-order valence-corrected chi connectivity index (χ1v) is 9.84. The number of amides is 2. The van der Waals surface area contributed by atoms with Crippen molar-refractivity contribution in [3.63, 3.8) is 0 Å². The molecule has 1 aliphatic heterocycles. The number of nitrogens with zero attached hydrogens (tertiary/aromatic N) is 4. The Morgan fingerprint density at radius 1 is 1.25 bits per heavy atom. The van der Waals surface area contributed by atoms with E-state index < -0.39 is 0 Å². The molecule has 2 amide bonds. The van der Waals surface area contributed by atoms with E-state index in [0.717, 1.165) is 54.3 Å². The number of carbonyl (C=O) groups excluding carboxylic acids is 1. The highest BCUT2D eigenvalue weighted by Crippen LogP contribution is 2.32. The molecular formula is C21H26N6O. The summed E-state index contributed by atoms with van der Waals surface area (Å²) in [4.78, 5) is 22.2. The standard InChI is InChI=1S/C21H26N6O/c1-3-27-20(19(15(2)25-27)17-7-5-4-6-8-17)24-21(28)26-11-9-16(10-12-26)18-13-22-14-23-18/h4-8,13-14,16H,3,9-12H2,1-2H3,(H,22,23)(H,24,28). The van der Waals surface area contributed by atoms with Crippen molar-refractivity contribution in [2.75, 3.05) is 18.4 Å². The van der Waals surface area contributed by atoms with Crippen molar-refractivity contribution in [1.29, 1.82) is 0 Å². The summed E-state index contributed by atoms with van der Waals surface area (Å²) < 4.78 is 1.87. The Morgan fingerprint density at radius 2 is 2.00 bits per heavy atom. The number of piperidine rings is 1. The third-order valence-corrected chi connectivity index (χ3v) is 5.46. The zero-order chi connectivity index (χ0) is 19.5. The molecule has 1 saturated heterocycles. The fourth-order valence-electron chi connectivity index (χ4n) is 3.95. The highest BCUT2D eigenvalue weighted by molar-refractivity contribution is 5.94. The molecule has 1 aromatic carbocycles. The van der Waals surface area contributed by atoms with Crippen LogP contribution in [0, 0.1) is 6.92 Å². The van der Waals surface area contributed by atoms with Crippen LogP contribution in [0.1, 0.15) is 37.1 Å². The lowest BCUT2D eigenvalue weighted by molar-refractivity contribution is 0.194.